The fourth-order valence-corrected chi connectivity index (χ4v) is 3.04. The van der Waals surface area contributed by atoms with Gasteiger partial charge in [-0.3, -0.25) is 4.98 Å². The maximum Gasteiger partial charge on any atom is 0.317 e. The summed E-state index contributed by atoms with van der Waals surface area (Å²) >= 11 is 1.63. The highest BCUT2D eigenvalue weighted by Crippen LogP contribution is 2.21. The number of carbonyl (C=O) groups is 1. The molecular formula is C17H22N4OS. The maximum atomic E-state index is 12.3. The number of thioether (sulfide) groups is 1. The zero-order chi connectivity index (χ0) is 16.5. The summed E-state index contributed by atoms with van der Waals surface area (Å²) in [7, 11) is 1.82. The highest BCUT2D eigenvalue weighted by Gasteiger charge is 2.19. The summed E-state index contributed by atoms with van der Waals surface area (Å²) in [5.41, 5.74) is 1.05. The predicted octanol–water partition coefficient (Wildman–Crippen LogP) is 3.36. The Balaban J connectivity index is 1.80. The number of nitrogens with one attached hydrogen (secondary N) is 1. The largest absolute Gasteiger partial charge is 0.337 e. The zero-order valence-corrected chi connectivity index (χ0v) is 14.3. The van der Waals surface area contributed by atoms with Crippen molar-refractivity contribution in [2.24, 2.45) is 0 Å². The number of hydrogen-bond donors (Lipinski definition) is 1. The molecule has 2 aromatic rings. The number of amides is 2. The molecule has 2 aromatic heterocycles. The van der Waals surface area contributed by atoms with Crippen molar-refractivity contribution in [3.05, 3.63) is 54.5 Å². The summed E-state index contributed by atoms with van der Waals surface area (Å²) in [5.74, 6) is 0.792. The van der Waals surface area contributed by atoms with Crippen LogP contribution in [0.25, 0.3) is 0 Å². The molecule has 0 bridgehead atoms. The van der Waals surface area contributed by atoms with Crippen molar-refractivity contribution < 1.29 is 4.79 Å². The summed E-state index contributed by atoms with van der Waals surface area (Å²) in [4.78, 5) is 22.4. The van der Waals surface area contributed by atoms with E-state index in [0.29, 0.717) is 6.54 Å². The molecule has 2 amide bonds. The van der Waals surface area contributed by atoms with Crippen molar-refractivity contribution >= 4 is 17.8 Å². The van der Waals surface area contributed by atoms with E-state index in [1.165, 1.54) is 0 Å². The van der Waals surface area contributed by atoms with Gasteiger partial charge >= 0.3 is 6.03 Å². The Kier molecular flexibility index (Phi) is 6.87. The van der Waals surface area contributed by atoms with Gasteiger partial charge in [0.2, 0.25) is 0 Å². The summed E-state index contributed by atoms with van der Waals surface area (Å²) in [6.45, 7) is 2.67. The van der Waals surface area contributed by atoms with E-state index >= 15 is 0 Å². The molecule has 1 N–H and O–H groups in total. The first kappa shape index (κ1) is 17.3. The van der Waals surface area contributed by atoms with Crippen LogP contribution in [0.3, 0.4) is 0 Å². The van der Waals surface area contributed by atoms with Crippen molar-refractivity contribution in [3.8, 4) is 0 Å². The lowest BCUT2D eigenvalue weighted by molar-refractivity contribution is 0.189. The van der Waals surface area contributed by atoms with Crippen LogP contribution in [0.15, 0.2) is 53.9 Å². The van der Waals surface area contributed by atoms with Gasteiger partial charge in [0.05, 0.1) is 11.1 Å². The van der Waals surface area contributed by atoms with Gasteiger partial charge in [0.25, 0.3) is 0 Å². The second-order valence-electron chi connectivity index (χ2n) is 5.07. The Hall–Kier alpha value is -2.08. The molecule has 2 rings (SSSR count). The van der Waals surface area contributed by atoms with Gasteiger partial charge in [-0.15, -0.1) is 11.8 Å². The van der Waals surface area contributed by atoms with Gasteiger partial charge in [0.15, 0.2) is 0 Å². The van der Waals surface area contributed by atoms with Crippen LogP contribution >= 0.6 is 11.8 Å². The molecule has 0 spiro atoms. The van der Waals surface area contributed by atoms with E-state index in [2.05, 4.69) is 22.2 Å². The lowest BCUT2D eigenvalue weighted by Gasteiger charge is -2.27. The van der Waals surface area contributed by atoms with Crippen LogP contribution in [0.5, 0.6) is 0 Å². The average Bonchev–Trinajstić information content (AvgIpc) is 2.61. The van der Waals surface area contributed by atoms with Crippen molar-refractivity contribution in [1.29, 1.82) is 0 Å². The van der Waals surface area contributed by atoms with Gasteiger partial charge in [-0.1, -0.05) is 19.1 Å². The third kappa shape index (κ3) is 5.25. The van der Waals surface area contributed by atoms with Crippen LogP contribution in [-0.2, 0) is 0 Å². The van der Waals surface area contributed by atoms with E-state index in [0.717, 1.165) is 22.8 Å². The Bertz CT molecular complexity index is 594. The zero-order valence-electron chi connectivity index (χ0n) is 13.5. The van der Waals surface area contributed by atoms with E-state index in [9.17, 15) is 4.79 Å². The first-order valence-corrected chi connectivity index (χ1v) is 8.65. The predicted molar refractivity (Wildman–Crippen MR) is 93.4 cm³/mol. The summed E-state index contributed by atoms with van der Waals surface area (Å²) in [5, 5.41) is 3.92. The van der Waals surface area contributed by atoms with Crippen LogP contribution in [0.4, 0.5) is 4.79 Å². The molecule has 6 heteroatoms. The molecule has 0 unspecified atom stereocenters. The van der Waals surface area contributed by atoms with Crippen LogP contribution in [0, 0.1) is 0 Å². The molecule has 0 fully saturated rings. The Morgan fingerprint density at radius 2 is 2.17 bits per heavy atom. The van der Waals surface area contributed by atoms with Gasteiger partial charge in [-0.25, -0.2) is 9.78 Å². The lowest BCUT2D eigenvalue weighted by atomic mass is 10.1. The minimum absolute atomic E-state index is 0.0344. The molecular weight excluding hydrogens is 308 g/mol. The molecule has 122 valence electrons. The summed E-state index contributed by atoms with van der Waals surface area (Å²) < 4.78 is 0. The van der Waals surface area contributed by atoms with Crippen LogP contribution in [0.1, 0.15) is 24.9 Å². The second kappa shape index (κ2) is 9.15. The summed E-state index contributed by atoms with van der Waals surface area (Å²) in [6.07, 6.45) is 6.17. The topological polar surface area (TPSA) is 58.1 Å². The molecule has 0 aliphatic heterocycles. The van der Waals surface area contributed by atoms with Gasteiger partial charge in [-0.05, 0) is 30.2 Å². The highest BCUT2D eigenvalue weighted by molar-refractivity contribution is 7.99. The van der Waals surface area contributed by atoms with E-state index in [-0.39, 0.29) is 12.1 Å². The van der Waals surface area contributed by atoms with Crippen molar-refractivity contribution in [1.82, 2.24) is 20.2 Å². The smallest absolute Gasteiger partial charge is 0.317 e. The van der Waals surface area contributed by atoms with Crippen LogP contribution < -0.4 is 5.32 Å². The van der Waals surface area contributed by atoms with Gasteiger partial charge in [0, 0.05) is 37.9 Å². The van der Waals surface area contributed by atoms with E-state index in [1.54, 1.807) is 29.1 Å². The number of rotatable bonds is 7. The van der Waals surface area contributed by atoms with Crippen molar-refractivity contribution in [3.63, 3.8) is 0 Å². The fraction of sp³-hybridized carbons (Fsp3) is 0.353. The van der Waals surface area contributed by atoms with E-state index in [1.807, 2.05) is 43.6 Å². The number of nitrogens with zero attached hydrogens (tertiary/aromatic N) is 3. The minimum atomic E-state index is -0.0673. The van der Waals surface area contributed by atoms with Crippen LogP contribution in [-0.4, -0.2) is 40.2 Å². The molecule has 0 saturated carbocycles. The molecule has 1 atom stereocenters. The quantitative estimate of drug-likeness (QED) is 0.625. The third-order valence-corrected chi connectivity index (χ3v) is 4.46. The number of carbonyl (C=O) groups excluding carboxylic acids is 1. The first-order valence-electron chi connectivity index (χ1n) is 7.66. The van der Waals surface area contributed by atoms with Crippen molar-refractivity contribution in [2.75, 3.05) is 19.3 Å². The summed E-state index contributed by atoms with van der Waals surface area (Å²) in [6, 6.07) is 9.68. The first-order chi connectivity index (χ1) is 11.2. The minimum Gasteiger partial charge on any atom is -0.337 e. The Morgan fingerprint density at radius 3 is 2.83 bits per heavy atom. The van der Waals surface area contributed by atoms with E-state index in [4.69, 9.17) is 0 Å². The Labute approximate surface area is 141 Å². The molecule has 23 heavy (non-hydrogen) atoms. The van der Waals surface area contributed by atoms with Crippen molar-refractivity contribution in [2.45, 2.75) is 24.4 Å². The monoisotopic (exact) mass is 330 g/mol. The number of hydrogen-bond acceptors (Lipinski definition) is 4. The molecule has 0 aliphatic carbocycles. The normalized spacial score (nSPS) is 11.7. The molecule has 0 radical (unpaired) electrons. The maximum absolute atomic E-state index is 12.3. The second-order valence-corrected chi connectivity index (χ2v) is 6.18. The Morgan fingerprint density at radius 1 is 1.30 bits per heavy atom. The third-order valence-electron chi connectivity index (χ3n) is 3.51. The molecule has 0 aliphatic rings. The SMILES string of the molecule is CC[C@@H](c1cccnc1)N(C)C(=O)NCCSc1ccccn1. The number of aromatic nitrogens is 2. The molecule has 0 aromatic carbocycles. The van der Waals surface area contributed by atoms with Gasteiger partial charge in [-0.2, -0.15) is 0 Å². The molecule has 5 nitrogen and oxygen atoms in total. The average molecular weight is 330 g/mol. The van der Waals surface area contributed by atoms with E-state index < -0.39 is 0 Å². The van der Waals surface area contributed by atoms with Crippen LogP contribution in [0.2, 0.25) is 0 Å². The number of pyridine rings is 2. The van der Waals surface area contributed by atoms with Gasteiger partial charge < -0.3 is 10.2 Å². The molecule has 2 heterocycles. The molecule has 0 saturated heterocycles. The number of urea groups is 1. The fourth-order valence-electron chi connectivity index (χ4n) is 2.32. The highest BCUT2D eigenvalue weighted by atomic mass is 32.2. The van der Waals surface area contributed by atoms with Gasteiger partial charge in [0.1, 0.15) is 0 Å². The lowest BCUT2D eigenvalue weighted by Crippen LogP contribution is -2.40. The standard InChI is InChI=1S/C17H22N4OS/c1-3-15(14-7-6-9-18-13-14)21(2)17(22)20-11-12-23-16-8-4-5-10-19-16/h4-10,13,15H,3,11-12H2,1-2H3,(H,20,22)/t15-/m0/s1.